The highest BCUT2D eigenvalue weighted by atomic mass is 16.6. The lowest BCUT2D eigenvalue weighted by Gasteiger charge is -2.27. The third-order valence-electron chi connectivity index (χ3n) is 5.39. The summed E-state index contributed by atoms with van der Waals surface area (Å²) >= 11 is 0. The summed E-state index contributed by atoms with van der Waals surface area (Å²) in [5, 5.41) is 6.89. The lowest BCUT2D eigenvalue weighted by Crippen LogP contribution is -2.27. The second kappa shape index (κ2) is 14.2. The van der Waals surface area contributed by atoms with Crippen molar-refractivity contribution >= 4 is 11.9 Å². The first-order chi connectivity index (χ1) is 17.6. The van der Waals surface area contributed by atoms with E-state index in [0.29, 0.717) is 11.5 Å². The predicted molar refractivity (Wildman–Crippen MR) is 135 cm³/mol. The summed E-state index contributed by atoms with van der Waals surface area (Å²) in [5.74, 6) is 0.217. The molecule has 12 nitrogen and oxygen atoms in total. The smallest absolute Gasteiger partial charge is 0.303 e. The molecule has 2 unspecified atom stereocenters. The molecule has 0 bridgehead atoms. The van der Waals surface area contributed by atoms with Crippen molar-refractivity contribution in [1.82, 2.24) is 0 Å². The van der Waals surface area contributed by atoms with Crippen LogP contribution in [0.3, 0.4) is 0 Å². The van der Waals surface area contributed by atoms with Gasteiger partial charge in [-0.2, -0.15) is 0 Å². The molecule has 0 amide bonds. The molecule has 0 aliphatic carbocycles. The van der Waals surface area contributed by atoms with Crippen molar-refractivity contribution in [3.8, 4) is 11.5 Å². The van der Waals surface area contributed by atoms with Crippen LogP contribution in [0.15, 0.2) is 58.8 Å². The second-order valence-electron chi connectivity index (χ2n) is 8.59. The summed E-state index contributed by atoms with van der Waals surface area (Å²) in [6.45, 7) is 6.83. The molecule has 0 heterocycles. The molecule has 0 aromatic heterocycles. The molecule has 2 aromatic carbocycles. The fraction of sp³-hybridized carbons (Fsp3) is 0.440. The third kappa shape index (κ3) is 9.64. The molecule has 2 rings (SSSR count). The largest absolute Gasteiger partial charge is 0.490 e. The molecule has 0 N–H and O–H groups in total. The van der Waals surface area contributed by atoms with Gasteiger partial charge in [-0.15, -0.1) is 0 Å². The number of hydrogen-bond acceptors (Lipinski definition) is 8. The predicted octanol–water partition coefficient (Wildman–Crippen LogP) is 5.25. The number of nitrogens with zero attached hydrogens (tertiary/aromatic N) is 6. The van der Waals surface area contributed by atoms with Crippen LogP contribution in [0, 0.1) is 0 Å². The summed E-state index contributed by atoms with van der Waals surface area (Å²) in [4.78, 5) is 27.8. The van der Waals surface area contributed by atoms with Gasteiger partial charge in [-0.05, 0) is 46.5 Å². The van der Waals surface area contributed by atoms with E-state index >= 15 is 0 Å². The number of benzene rings is 2. The van der Waals surface area contributed by atoms with Crippen molar-refractivity contribution in [2.24, 2.45) is 10.2 Å². The Hall–Kier alpha value is -4.40. The Bertz CT molecular complexity index is 1040. The van der Waals surface area contributed by atoms with E-state index in [1.54, 1.807) is 0 Å². The topological polar surface area (TPSA) is 169 Å². The van der Waals surface area contributed by atoms with Crippen LogP contribution >= 0.6 is 0 Å². The number of carbonyl (C=O) groups excluding carboxylic acids is 2. The van der Waals surface area contributed by atoms with E-state index in [9.17, 15) is 9.59 Å². The van der Waals surface area contributed by atoms with Crippen molar-refractivity contribution in [2.45, 2.75) is 45.3 Å². The van der Waals surface area contributed by atoms with Gasteiger partial charge in [-0.3, -0.25) is 9.59 Å². The van der Waals surface area contributed by atoms with Gasteiger partial charge in [0.2, 0.25) is 0 Å². The minimum absolute atomic E-state index is 0.0148. The fourth-order valence-corrected chi connectivity index (χ4v) is 3.45. The number of azide groups is 2. The monoisotopic (exact) mass is 510 g/mol. The van der Waals surface area contributed by atoms with Gasteiger partial charge in [0.25, 0.3) is 0 Å². The maximum absolute atomic E-state index is 11.2. The van der Waals surface area contributed by atoms with Gasteiger partial charge in [-0.1, -0.05) is 48.3 Å². The highest BCUT2D eigenvalue weighted by Gasteiger charge is 2.23. The first kappa shape index (κ1) is 28.8. The van der Waals surface area contributed by atoms with Gasteiger partial charge in [0.1, 0.15) is 36.9 Å². The van der Waals surface area contributed by atoms with Crippen LogP contribution in [0.2, 0.25) is 0 Å². The van der Waals surface area contributed by atoms with Crippen LogP contribution in [-0.4, -0.2) is 50.4 Å². The van der Waals surface area contributed by atoms with Gasteiger partial charge >= 0.3 is 11.9 Å². The maximum atomic E-state index is 11.2. The van der Waals surface area contributed by atoms with Crippen LogP contribution in [0.1, 0.15) is 38.8 Å². The van der Waals surface area contributed by atoms with E-state index in [1.807, 2.05) is 48.5 Å². The molecule has 0 aliphatic rings. The molecule has 196 valence electrons. The quantitative estimate of drug-likeness (QED) is 0.145. The molecule has 0 radical (unpaired) electrons. The summed E-state index contributed by atoms with van der Waals surface area (Å²) in [5.41, 5.74) is 18.7. The average Bonchev–Trinajstić information content (AvgIpc) is 2.87. The van der Waals surface area contributed by atoms with Gasteiger partial charge in [0, 0.05) is 29.1 Å². The van der Waals surface area contributed by atoms with Crippen molar-refractivity contribution < 1.29 is 28.5 Å². The summed E-state index contributed by atoms with van der Waals surface area (Å²) in [6.07, 6.45) is -1.35. The lowest BCUT2D eigenvalue weighted by atomic mass is 9.78. The Balaban J connectivity index is 2.02. The molecule has 0 spiro atoms. The second-order valence-corrected chi connectivity index (χ2v) is 8.59. The standard InChI is InChI=1S/C25H30N6O6/c1-17(32)36-23(13-28-30-26)15-34-21-9-5-19(6-10-21)25(3,4)20-7-11-22(12-8-20)35-16-24(14-29-31-27)37-18(2)33/h5-12,23-24H,13-16H2,1-4H3. The van der Waals surface area contributed by atoms with E-state index < -0.39 is 24.1 Å². The number of carbonyl (C=O) groups is 2. The van der Waals surface area contributed by atoms with Gasteiger partial charge in [0.05, 0.1) is 13.1 Å². The molecule has 2 aromatic rings. The van der Waals surface area contributed by atoms with Crippen molar-refractivity contribution in [2.75, 3.05) is 26.3 Å². The van der Waals surface area contributed by atoms with E-state index in [1.165, 1.54) is 13.8 Å². The third-order valence-corrected chi connectivity index (χ3v) is 5.39. The molecule has 0 saturated heterocycles. The zero-order valence-electron chi connectivity index (χ0n) is 21.2. The Morgan fingerprint density at radius 1 is 0.757 bits per heavy atom. The van der Waals surface area contributed by atoms with Crippen LogP contribution in [0.4, 0.5) is 0 Å². The van der Waals surface area contributed by atoms with Crippen LogP contribution in [0.5, 0.6) is 11.5 Å². The SMILES string of the molecule is CC(=O)OC(CN=[N+]=[N-])COc1ccc(C(C)(C)c2ccc(OCC(CN=[N+]=[N-])OC(C)=O)cc2)cc1. The summed E-state index contributed by atoms with van der Waals surface area (Å²) in [6, 6.07) is 15.1. The minimum Gasteiger partial charge on any atom is -0.490 e. The highest BCUT2D eigenvalue weighted by molar-refractivity contribution is 5.66. The van der Waals surface area contributed by atoms with E-state index in [-0.39, 0.29) is 31.7 Å². The highest BCUT2D eigenvalue weighted by Crippen LogP contribution is 2.33. The first-order valence-electron chi connectivity index (χ1n) is 11.5. The number of esters is 2. The zero-order valence-corrected chi connectivity index (χ0v) is 21.2. The van der Waals surface area contributed by atoms with Gasteiger partial charge in [-0.25, -0.2) is 0 Å². The lowest BCUT2D eigenvalue weighted by molar-refractivity contribution is -0.148. The molecule has 0 saturated carbocycles. The number of hydrogen-bond donors (Lipinski definition) is 0. The Kier molecular flexibility index (Phi) is 11.1. The van der Waals surface area contributed by atoms with E-state index in [4.69, 9.17) is 30.0 Å². The van der Waals surface area contributed by atoms with Crippen molar-refractivity contribution in [3.05, 3.63) is 80.5 Å². The van der Waals surface area contributed by atoms with Crippen LogP contribution in [-0.2, 0) is 24.5 Å². The summed E-state index contributed by atoms with van der Waals surface area (Å²) in [7, 11) is 0. The van der Waals surface area contributed by atoms with Gasteiger partial charge < -0.3 is 18.9 Å². The van der Waals surface area contributed by atoms with Crippen LogP contribution < -0.4 is 9.47 Å². The molecule has 2 atom stereocenters. The normalized spacial score (nSPS) is 12.2. The molecule has 12 heteroatoms. The zero-order chi connectivity index (χ0) is 27.3. The molecular weight excluding hydrogens is 480 g/mol. The fourth-order valence-electron chi connectivity index (χ4n) is 3.45. The molecule has 0 aliphatic heterocycles. The average molecular weight is 511 g/mol. The Labute approximate surface area is 214 Å². The molecule has 0 fully saturated rings. The molecular formula is C25H30N6O6. The number of rotatable bonds is 14. The first-order valence-corrected chi connectivity index (χ1v) is 11.5. The maximum Gasteiger partial charge on any atom is 0.303 e. The molecule has 37 heavy (non-hydrogen) atoms. The number of ether oxygens (including phenoxy) is 4. The Morgan fingerprint density at radius 2 is 1.11 bits per heavy atom. The van der Waals surface area contributed by atoms with Crippen molar-refractivity contribution in [3.63, 3.8) is 0 Å². The Morgan fingerprint density at radius 3 is 1.41 bits per heavy atom. The minimum atomic E-state index is -0.673. The van der Waals surface area contributed by atoms with E-state index in [0.717, 1.165) is 11.1 Å². The van der Waals surface area contributed by atoms with Crippen molar-refractivity contribution in [1.29, 1.82) is 0 Å². The van der Waals surface area contributed by atoms with Crippen LogP contribution in [0.25, 0.3) is 20.9 Å². The van der Waals surface area contributed by atoms with Gasteiger partial charge in [0.15, 0.2) is 0 Å². The van der Waals surface area contributed by atoms with E-state index in [2.05, 4.69) is 33.9 Å². The summed E-state index contributed by atoms with van der Waals surface area (Å²) < 4.78 is 21.6.